The third-order valence-corrected chi connectivity index (χ3v) is 4.88. The predicted octanol–water partition coefficient (Wildman–Crippen LogP) is 3.39. The number of benzene rings is 2. The highest BCUT2D eigenvalue weighted by Crippen LogP contribution is 2.20. The number of nitrogens with one attached hydrogen (secondary N) is 1. The minimum atomic E-state index is -0.533. The Kier molecular flexibility index (Phi) is 6.63. The molecule has 3 rings (SSSR count). The van der Waals surface area contributed by atoms with Crippen molar-refractivity contribution in [1.29, 1.82) is 0 Å². The molecule has 1 aliphatic rings. The molecule has 5 nitrogen and oxygen atoms in total. The second-order valence-electron chi connectivity index (χ2n) is 6.86. The average Bonchev–Trinajstić information content (AvgIpc) is 2.73. The van der Waals surface area contributed by atoms with Gasteiger partial charge in [0.15, 0.2) is 0 Å². The van der Waals surface area contributed by atoms with Gasteiger partial charge in [-0.1, -0.05) is 24.3 Å². The van der Waals surface area contributed by atoms with Crippen LogP contribution in [0.2, 0.25) is 0 Å². The maximum Gasteiger partial charge on any atom is 0.256 e. The van der Waals surface area contributed by atoms with Gasteiger partial charge in [0.1, 0.15) is 11.6 Å². The summed E-state index contributed by atoms with van der Waals surface area (Å²) >= 11 is 0. The number of carbonyl (C=O) groups is 2. The lowest BCUT2D eigenvalue weighted by molar-refractivity contribution is -0.126. The van der Waals surface area contributed by atoms with E-state index in [4.69, 9.17) is 4.74 Å². The quantitative estimate of drug-likeness (QED) is 0.831. The van der Waals surface area contributed by atoms with Crippen LogP contribution in [0.15, 0.2) is 48.5 Å². The number of nitrogens with zero attached hydrogens (tertiary/aromatic N) is 1. The lowest BCUT2D eigenvalue weighted by Crippen LogP contribution is -2.45. The van der Waals surface area contributed by atoms with E-state index in [1.54, 1.807) is 17.0 Å². The van der Waals surface area contributed by atoms with E-state index in [2.05, 4.69) is 5.32 Å². The molecule has 0 saturated carbocycles. The van der Waals surface area contributed by atoms with Gasteiger partial charge in [0.05, 0.1) is 18.1 Å². The first-order chi connectivity index (χ1) is 13.6. The highest BCUT2D eigenvalue weighted by Gasteiger charge is 2.29. The summed E-state index contributed by atoms with van der Waals surface area (Å²) in [6.45, 7) is 3.81. The molecule has 0 bridgehead atoms. The van der Waals surface area contributed by atoms with Crippen molar-refractivity contribution in [2.75, 3.05) is 19.7 Å². The summed E-state index contributed by atoms with van der Waals surface area (Å²) in [5.41, 5.74) is 1.03. The Morgan fingerprint density at radius 1 is 1.18 bits per heavy atom. The Labute approximate surface area is 164 Å². The van der Waals surface area contributed by atoms with Crippen molar-refractivity contribution in [3.05, 3.63) is 65.5 Å². The second kappa shape index (κ2) is 9.35. The maximum absolute atomic E-state index is 13.9. The average molecular weight is 384 g/mol. The summed E-state index contributed by atoms with van der Waals surface area (Å²) < 4.78 is 19.3. The third kappa shape index (κ3) is 4.88. The monoisotopic (exact) mass is 384 g/mol. The minimum absolute atomic E-state index is 0.0537. The summed E-state index contributed by atoms with van der Waals surface area (Å²) in [5, 5.41) is 2.94. The number of likely N-dealkylation sites (tertiary alicyclic amines) is 1. The molecule has 2 aromatic carbocycles. The van der Waals surface area contributed by atoms with Gasteiger partial charge in [0.25, 0.3) is 5.91 Å². The van der Waals surface area contributed by atoms with Crippen molar-refractivity contribution in [3.63, 3.8) is 0 Å². The van der Waals surface area contributed by atoms with Crippen LogP contribution in [-0.2, 0) is 11.3 Å². The molecule has 0 aliphatic carbocycles. The Hall–Kier alpha value is -2.89. The number of carbonyl (C=O) groups excluding carboxylic acids is 2. The van der Waals surface area contributed by atoms with Gasteiger partial charge < -0.3 is 15.0 Å². The molecule has 6 heteroatoms. The van der Waals surface area contributed by atoms with Gasteiger partial charge in [-0.05, 0) is 49.6 Å². The molecule has 1 N–H and O–H groups in total. The number of amides is 2. The number of ether oxygens (including phenoxy) is 1. The summed E-state index contributed by atoms with van der Waals surface area (Å²) in [5.74, 6) is -0.462. The molecule has 0 aromatic heterocycles. The molecule has 1 atom stereocenters. The van der Waals surface area contributed by atoms with Crippen LogP contribution < -0.4 is 10.1 Å². The van der Waals surface area contributed by atoms with E-state index in [9.17, 15) is 14.0 Å². The van der Waals surface area contributed by atoms with Crippen molar-refractivity contribution in [2.24, 2.45) is 5.92 Å². The first-order valence-corrected chi connectivity index (χ1v) is 9.61. The Morgan fingerprint density at radius 3 is 2.64 bits per heavy atom. The highest BCUT2D eigenvalue weighted by atomic mass is 19.1. The molecular weight excluding hydrogens is 359 g/mol. The standard InChI is InChI=1S/C22H25FN2O3/c1-2-28-18-11-9-16(10-12-18)14-24-21(26)17-6-5-13-25(15-17)22(27)19-7-3-4-8-20(19)23/h3-4,7-12,17H,2,5-6,13-15H2,1H3,(H,24,26)/t17-/m0/s1. The first kappa shape index (κ1) is 19.9. The second-order valence-corrected chi connectivity index (χ2v) is 6.86. The molecule has 2 amide bonds. The highest BCUT2D eigenvalue weighted by molar-refractivity contribution is 5.95. The summed E-state index contributed by atoms with van der Waals surface area (Å²) in [6.07, 6.45) is 1.44. The van der Waals surface area contributed by atoms with E-state index < -0.39 is 5.82 Å². The summed E-state index contributed by atoms with van der Waals surface area (Å²) in [6, 6.07) is 13.5. The summed E-state index contributed by atoms with van der Waals surface area (Å²) in [7, 11) is 0. The van der Waals surface area contributed by atoms with E-state index in [-0.39, 0.29) is 23.3 Å². The molecule has 28 heavy (non-hydrogen) atoms. The van der Waals surface area contributed by atoms with E-state index in [1.165, 1.54) is 12.1 Å². The normalized spacial score (nSPS) is 16.5. The zero-order valence-electron chi connectivity index (χ0n) is 16.0. The number of hydrogen-bond donors (Lipinski definition) is 1. The lowest BCUT2D eigenvalue weighted by Gasteiger charge is -2.32. The Morgan fingerprint density at radius 2 is 1.93 bits per heavy atom. The van der Waals surface area contributed by atoms with Crippen LogP contribution in [0.1, 0.15) is 35.7 Å². The molecule has 1 heterocycles. The van der Waals surface area contributed by atoms with Crippen LogP contribution in [0.5, 0.6) is 5.75 Å². The SMILES string of the molecule is CCOc1ccc(CNC(=O)[C@H]2CCCN(C(=O)c3ccccc3F)C2)cc1. The number of hydrogen-bond acceptors (Lipinski definition) is 3. The van der Waals surface area contributed by atoms with Gasteiger partial charge in [-0.2, -0.15) is 0 Å². The molecule has 0 unspecified atom stereocenters. The van der Waals surface area contributed by atoms with Crippen LogP contribution in [0, 0.1) is 11.7 Å². The van der Waals surface area contributed by atoms with Crippen LogP contribution >= 0.6 is 0 Å². The van der Waals surface area contributed by atoms with Crippen LogP contribution in [0.3, 0.4) is 0 Å². The molecule has 2 aromatic rings. The van der Waals surface area contributed by atoms with Crippen LogP contribution in [0.4, 0.5) is 4.39 Å². The number of piperidine rings is 1. The lowest BCUT2D eigenvalue weighted by atomic mass is 9.96. The van der Waals surface area contributed by atoms with E-state index in [0.29, 0.717) is 26.2 Å². The predicted molar refractivity (Wildman–Crippen MR) is 104 cm³/mol. The fourth-order valence-electron chi connectivity index (χ4n) is 3.38. The summed E-state index contributed by atoms with van der Waals surface area (Å²) in [4.78, 5) is 26.7. The van der Waals surface area contributed by atoms with Crippen molar-refractivity contribution < 1.29 is 18.7 Å². The van der Waals surface area contributed by atoms with Gasteiger partial charge in [-0.15, -0.1) is 0 Å². The van der Waals surface area contributed by atoms with E-state index >= 15 is 0 Å². The van der Waals surface area contributed by atoms with Crippen molar-refractivity contribution >= 4 is 11.8 Å². The Bertz CT molecular complexity index is 823. The van der Waals surface area contributed by atoms with E-state index in [0.717, 1.165) is 24.2 Å². The van der Waals surface area contributed by atoms with Crippen molar-refractivity contribution in [1.82, 2.24) is 10.2 Å². The van der Waals surface area contributed by atoms with Gasteiger partial charge in [-0.25, -0.2) is 4.39 Å². The maximum atomic E-state index is 13.9. The number of halogens is 1. The molecule has 1 saturated heterocycles. The Balaban J connectivity index is 1.55. The number of rotatable bonds is 6. The van der Waals surface area contributed by atoms with Gasteiger partial charge in [0, 0.05) is 19.6 Å². The smallest absolute Gasteiger partial charge is 0.256 e. The van der Waals surface area contributed by atoms with Gasteiger partial charge in [0.2, 0.25) is 5.91 Å². The topological polar surface area (TPSA) is 58.6 Å². The van der Waals surface area contributed by atoms with E-state index in [1.807, 2.05) is 31.2 Å². The molecular formula is C22H25FN2O3. The molecule has 0 radical (unpaired) electrons. The molecule has 148 valence electrons. The van der Waals surface area contributed by atoms with Gasteiger partial charge >= 0.3 is 0 Å². The fraction of sp³-hybridized carbons (Fsp3) is 0.364. The largest absolute Gasteiger partial charge is 0.494 e. The van der Waals surface area contributed by atoms with Crippen molar-refractivity contribution in [3.8, 4) is 5.75 Å². The molecule has 1 fully saturated rings. The zero-order valence-corrected chi connectivity index (χ0v) is 16.0. The van der Waals surface area contributed by atoms with Crippen LogP contribution in [0.25, 0.3) is 0 Å². The molecule has 1 aliphatic heterocycles. The molecule has 0 spiro atoms. The minimum Gasteiger partial charge on any atom is -0.494 e. The van der Waals surface area contributed by atoms with Crippen molar-refractivity contribution in [2.45, 2.75) is 26.3 Å². The fourth-order valence-corrected chi connectivity index (χ4v) is 3.38. The first-order valence-electron chi connectivity index (χ1n) is 9.61. The third-order valence-electron chi connectivity index (χ3n) is 4.88. The van der Waals surface area contributed by atoms with Crippen LogP contribution in [-0.4, -0.2) is 36.4 Å². The van der Waals surface area contributed by atoms with Gasteiger partial charge in [-0.3, -0.25) is 9.59 Å². The zero-order chi connectivity index (χ0) is 19.9.